The molecule has 0 bridgehead atoms. The van der Waals surface area contributed by atoms with Crippen LogP contribution in [0.4, 0.5) is 0 Å². The van der Waals surface area contributed by atoms with Crippen molar-refractivity contribution in [2.45, 2.75) is 258 Å². The number of rotatable bonds is 46. The smallest absolute Gasteiger partial charge is 0.306 e. The van der Waals surface area contributed by atoms with Crippen molar-refractivity contribution in [3.63, 3.8) is 0 Å². The minimum Gasteiger partial charge on any atom is -0.462 e. The minimum absolute atomic E-state index is 0.0874. The summed E-state index contributed by atoms with van der Waals surface area (Å²) in [5, 5.41) is 0. The summed E-state index contributed by atoms with van der Waals surface area (Å²) in [7, 11) is 0. The molecule has 0 heterocycles. The fraction of sp³-hybridized carbons (Fsp3) is 0.764. The number of carbonyl (C=O) groups is 3. The first-order chi connectivity index (χ1) is 30.0. The van der Waals surface area contributed by atoms with Crippen molar-refractivity contribution < 1.29 is 28.6 Å². The van der Waals surface area contributed by atoms with Gasteiger partial charge in [0.1, 0.15) is 13.2 Å². The maximum absolute atomic E-state index is 12.8. The van der Waals surface area contributed by atoms with Gasteiger partial charge in [0.2, 0.25) is 0 Å². The summed E-state index contributed by atoms with van der Waals surface area (Å²) in [4.78, 5) is 37.9. The molecule has 352 valence electrons. The monoisotopic (exact) mass is 853 g/mol. The van der Waals surface area contributed by atoms with Gasteiger partial charge in [-0.15, -0.1) is 0 Å². The van der Waals surface area contributed by atoms with Gasteiger partial charge >= 0.3 is 17.9 Å². The molecule has 0 N–H and O–H groups in total. The standard InChI is InChI=1S/C55H96O6/c1-4-7-10-13-16-19-22-25-27-30-33-36-39-42-45-48-54(57)60-51-52(50-59-53(56)47-44-41-38-35-32-29-24-21-18-15-12-9-6-3)61-55(58)49-46-43-40-37-34-31-28-26-23-20-17-14-11-8-5-2/h9,12,15,18-19,21-22,24,29,32,52H,4-8,10-11,13-14,16-17,20,23,25-28,30-31,33-51H2,1-3H3/b12-9-,18-15-,22-19-,24-21-,32-29-. The van der Waals surface area contributed by atoms with Crippen LogP contribution < -0.4 is 0 Å². The molecule has 0 spiro atoms. The first kappa shape index (κ1) is 58.1. The van der Waals surface area contributed by atoms with Crippen molar-refractivity contribution in [3.8, 4) is 0 Å². The third kappa shape index (κ3) is 48.0. The highest BCUT2D eigenvalue weighted by atomic mass is 16.6. The number of esters is 3. The second-order valence-electron chi connectivity index (χ2n) is 17.1. The van der Waals surface area contributed by atoms with Gasteiger partial charge in [-0.25, -0.2) is 0 Å². The number of carbonyl (C=O) groups excluding carboxylic acids is 3. The summed E-state index contributed by atoms with van der Waals surface area (Å²) in [6, 6.07) is 0. The lowest BCUT2D eigenvalue weighted by molar-refractivity contribution is -0.167. The summed E-state index contributed by atoms with van der Waals surface area (Å²) < 4.78 is 16.8. The Morgan fingerprint density at radius 1 is 0.344 bits per heavy atom. The van der Waals surface area contributed by atoms with Crippen molar-refractivity contribution in [1.82, 2.24) is 0 Å². The first-order valence-electron chi connectivity index (χ1n) is 25.8. The summed E-state index contributed by atoms with van der Waals surface area (Å²) >= 11 is 0. The van der Waals surface area contributed by atoms with E-state index in [4.69, 9.17) is 14.2 Å². The van der Waals surface area contributed by atoms with Crippen LogP contribution in [0.5, 0.6) is 0 Å². The maximum Gasteiger partial charge on any atom is 0.306 e. The van der Waals surface area contributed by atoms with E-state index in [9.17, 15) is 14.4 Å². The van der Waals surface area contributed by atoms with E-state index in [0.717, 1.165) is 70.6 Å². The Bertz CT molecular complexity index is 1120. The fourth-order valence-corrected chi connectivity index (χ4v) is 7.21. The SMILES string of the molecule is CC\C=C/C=C\C=C/C=C\CCCCCC(=O)OCC(COC(=O)CCCCCCCCC/C=C\CCCCCC)OC(=O)CCCCCCCCCCCCCCCCC. The highest BCUT2D eigenvalue weighted by molar-refractivity contribution is 5.71. The zero-order valence-electron chi connectivity index (χ0n) is 40.2. The number of allylic oxidation sites excluding steroid dienone is 10. The molecule has 6 nitrogen and oxygen atoms in total. The third-order valence-electron chi connectivity index (χ3n) is 11.1. The van der Waals surface area contributed by atoms with E-state index in [-0.39, 0.29) is 31.1 Å². The van der Waals surface area contributed by atoms with E-state index in [1.807, 2.05) is 30.4 Å². The van der Waals surface area contributed by atoms with Gasteiger partial charge in [-0.1, -0.05) is 229 Å². The molecule has 0 saturated carbocycles. The molecule has 1 unspecified atom stereocenters. The Kier molecular flexibility index (Phi) is 47.4. The zero-order chi connectivity index (χ0) is 44.4. The van der Waals surface area contributed by atoms with Crippen LogP contribution in [0.2, 0.25) is 0 Å². The van der Waals surface area contributed by atoms with Crippen LogP contribution in [-0.4, -0.2) is 37.2 Å². The molecule has 0 radical (unpaired) electrons. The van der Waals surface area contributed by atoms with Gasteiger partial charge in [0.05, 0.1) is 0 Å². The second kappa shape index (κ2) is 49.8. The molecule has 0 amide bonds. The Morgan fingerprint density at radius 3 is 1.08 bits per heavy atom. The van der Waals surface area contributed by atoms with Gasteiger partial charge in [0, 0.05) is 19.3 Å². The summed E-state index contributed by atoms with van der Waals surface area (Å²) in [5.74, 6) is -0.926. The molecular formula is C55H96O6. The van der Waals surface area contributed by atoms with E-state index in [1.54, 1.807) is 0 Å². The second-order valence-corrected chi connectivity index (χ2v) is 17.1. The lowest BCUT2D eigenvalue weighted by Gasteiger charge is -2.18. The average molecular weight is 853 g/mol. The Labute approximate surface area is 377 Å². The average Bonchev–Trinajstić information content (AvgIpc) is 3.26. The number of hydrogen-bond donors (Lipinski definition) is 0. The third-order valence-corrected chi connectivity index (χ3v) is 11.1. The lowest BCUT2D eigenvalue weighted by Crippen LogP contribution is -2.30. The van der Waals surface area contributed by atoms with E-state index >= 15 is 0 Å². The lowest BCUT2D eigenvalue weighted by atomic mass is 10.0. The summed E-state index contributed by atoms with van der Waals surface area (Å²) in [5.41, 5.74) is 0. The van der Waals surface area contributed by atoms with Gasteiger partial charge in [-0.3, -0.25) is 14.4 Å². The van der Waals surface area contributed by atoms with Gasteiger partial charge in [-0.2, -0.15) is 0 Å². The van der Waals surface area contributed by atoms with Gasteiger partial charge in [-0.05, 0) is 64.2 Å². The molecule has 0 saturated heterocycles. The van der Waals surface area contributed by atoms with Gasteiger partial charge in [0.25, 0.3) is 0 Å². The molecule has 0 aliphatic heterocycles. The van der Waals surface area contributed by atoms with Crippen LogP contribution in [0, 0.1) is 0 Å². The van der Waals surface area contributed by atoms with Crippen molar-refractivity contribution in [2.75, 3.05) is 13.2 Å². The van der Waals surface area contributed by atoms with E-state index in [0.29, 0.717) is 19.3 Å². The molecule has 6 heteroatoms. The van der Waals surface area contributed by atoms with Crippen LogP contribution in [0.15, 0.2) is 60.8 Å². The Hall–Kier alpha value is -2.89. The van der Waals surface area contributed by atoms with E-state index in [2.05, 4.69) is 51.2 Å². The molecule has 61 heavy (non-hydrogen) atoms. The molecule has 0 aromatic rings. The predicted octanol–water partition coefficient (Wildman–Crippen LogP) is 16.9. The first-order valence-corrected chi connectivity index (χ1v) is 25.8. The van der Waals surface area contributed by atoms with Crippen LogP contribution in [0.25, 0.3) is 0 Å². The highest BCUT2D eigenvalue weighted by Gasteiger charge is 2.19. The van der Waals surface area contributed by atoms with Crippen LogP contribution >= 0.6 is 0 Å². The minimum atomic E-state index is -0.789. The van der Waals surface area contributed by atoms with Crippen molar-refractivity contribution >= 4 is 17.9 Å². The molecule has 0 fully saturated rings. The van der Waals surface area contributed by atoms with Crippen LogP contribution in [0.1, 0.15) is 252 Å². The van der Waals surface area contributed by atoms with Gasteiger partial charge < -0.3 is 14.2 Å². The fourth-order valence-electron chi connectivity index (χ4n) is 7.21. The topological polar surface area (TPSA) is 78.9 Å². The number of unbranched alkanes of at least 4 members (excludes halogenated alkanes) is 28. The molecule has 0 aromatic heterocycles. The largest absolute Gasteiger partial charge is 0.462 e. The molecule has 0 aliphatic carbocycles. The molecule has 0 aromatic carbocycles. The van der Waals surface area contributed by atoms with E-state index < -0.39 is 6.10 Å². The van der Waals surface area contributed by atoms with Crippen LogP contribution in [-0.2, 0) is 28.6 Å². The van der Waals surface area contributed by atoms with Crippen LogP contribution in [0.3, 0.4) is 0 Å². The van der Waals surface area contributed by atoms with E-state index in [1.165, 1.54) is 141 Å². The zero-order valence-corrected chi connectivity index (χ0v) is 40.2. The molecule has 0 aliphatic rings. The highest BCUT2D eigenvalue weighted by Crippen LogP contribution is 2.15. The van der Waals surface area contributed by atoms with Crippen molar-refractivity contribution in [1.29, 1.82) is 0 Å². The predicted molar refractivity (Wildman–Crippen MR) is 261 cm³/mol. The molecule has 1 atom stereocenters. The number of ether oxygens (including phenoxy) is 3. The summed E-state index contributed by atoms with van der Waals surface area (Å²) in [6.07, 6.45) is 60.6. The molecular weight excluding hydrogens is 757 g/mol. The normalized spacial score (nSPS) is 12.5. The Morgan fingerprint density at radius 2 is 0.656 bits per heavy atom. The maximum atomic E-state index is 12.8. The van der Waals surface area contributed by atoms with Crippen molar-refractivity contribution in [2.24, 2.45) is 0 Å². The van der Waals surface area contributed by atoms with Gasteiger partial charge in [0.15, 0.2) is 6.10 Å². The quantitative estimate of drug-likeness (QED) is 0.0200. The number of hydrogen-bond acceptors (Lipinski definition) is 6. The summed E-state index contributed by atoms with van der Waals surface area (Å²) in [6.45, 7) is 6.46. The Balaban J connectivity index is 4.42. The van der Waals surface area contributed by atoms with Crippen molar-refractivity contribution in [3.05, 3.63) is 60.8 Å². The molecule has 0 rings (SSSR count).